The zero-order valence-electron chi connectivity index (χ0n) is 17.1. The maximum absolute atomic E-state index is 11.7. The van der Waals surface area contributed by atoms with Crippen molar-refractivity contribution in [3.8, 4) is 5.75 Å². The minimum absolute atomic E-state index is 0.204. The number of likely N-dealkylation sites (tertiary alicyclic amines) is 1. The molecule has 0 saturated carbocycles. The Bertz CT molecular complexity index is 809. The predicted octanol–water partition coefficient (Wildman–Crippen LogP) is 4.39. The van der Waals surface area contributed by atoms with E-state index in [9.17, 15) is 4.21 Å². The molecule has 1 saturated heterocycles. The molecule has 1 heterocycles. The van der Waals surface area contributed by atoms with E-state index in [0.717, 1.165) is 41.6 Å². The Hall–Kier alpha value is -1.34. The SMILES string of the molecule is Cc1ccc(S(C)=O)cc1SNC1CCN(Cc2ccc(OC(C)C)cc2)C1. The number of nitrogens with one attached hydrogen (secondary N) is 1. The molecule has 0 radical (unpaired) electrons. The third-order valence-electron chi connectivity index (χ3n) is 4.80. The number of benzene rings is 2. The summed E-state index contributed by atoms with van der Waals surface area (Å²) < 4.78 is 21.1. The van der Waals surface area contributed by atoms with Crippen LogP contribution >= 0.6 is 11.9 Å². The van der Waals surface area contributed by atoms with E-state index in [2.05, 4.69) is 40.8 Å². The van der Waals surface area contributed by atoms with Crippen LogP contribution in [-0.2, 0) is 17.3 Å². The third kappa shape index (κ3) is 6.08. The molecular formula is C22H30N2O2S2. The molecule has 3 rings (SSSR count). The summed E-state index contributed by atoms with van der Waals surface area (Å²) in [5.41, 5.74) is 2.53. The normalized spacial score (nSPS) is 18.5. The van der Waals surface area contributed by atoms with Crippen molar-refractivity contribution in [2.24, 2.45) is 0 Å². The standard InChI is InChI=1S/C22H30N2O2S2/c1-16(2)26-20-8-6-18(7-9-20)14-24-12-11-19(15-24)23-27-22-13-21(28(4)25)10-5-17(22)3/h5-10,13,16,19,23H,11-12,14-15H2,1-4H3. The number of hydrogen-bond acceptors (Lipinski definition) is 5. The first-order chi connectivity index (χ1) is 13.4. The van der Waals surface area contributed by atoms with E-state index in [1.54, 1.807) is 18.2 Å². The number of ether oxygens (including phenoxy) is 1. The Morgan fingerprint density at radius 3 is 2.68 bits per heavy atom. The summed E-state index contributed by atoms with van der Waals surface area (Å²) in [6.07, 6.45) is 3.07. The van der Waals surface area contributed by atoms with Crippen molar-refractivity contribution < 1.29 is 8.95 Å². The minimum atomic E-state index is -0.945. The van der Waals surface area contributed by atoms with Crippen molar-refractivity contribution in [2.75, 3.05) is 19.3 Å². The molecule has 1 fully saturated rings. The lowest BCUT2D eigenvalue weighted by atomic mass is 10.2. The van der Waals surface area contributed by atoms with Crippen molar-refractivity contribution in [3.63, 3.8) is 0 Å². The molecule has 0 aromatic heterocycles. The summed E-state index contributed by atoms with van der Waals surface area (Å²) in [5, 5.41) is 0. The highest BCUT2D eigenvalue weighted by Crippen LogP contribution is 2.25. The second kappa shape index (κ2) is 9.92. The molecule has 0 bridgehead atoms. The summed E-state index contributed by atoms with van der Waals surface area (Å²) in [5.74, 6) is 0.932. The lowest BCUT2D eigenvalue weighted by Crippen LogP contribution is -2.28. The highest BCUT2D eigenvalue weighted by atomic mass is 32.2. The van der Waals surface area contributed by atoms with Gasteiger partial charge >= 0.3 is 0 Å². The van der Waals surface area contributed by atoms with Crippen LogP contribution in [-0.4, -0.2) is 40.6 Å². The van der Waals surface area contributed by atoms with Gasteiger partial charge in [0.25, 0.3) is 0 Å². The summed E-state index contributed by atoms with van der Waals surface area (Å²) in [4.78, 5) is 4.53. The summed E-state index contributed by atoms with van der Waals surface area (Å²) in [6, 6.07) is 14.9. The van der Waals surface area contributed by atoms with Gasteiger partial charge in [0.15, 0.2) is 0 Å². The molecule has 1 aliphatic heterocycles. The molecule has 6 heteroatoms. The minimum Gasteiger partial charge on any atom is -0.491 e. The average Bonchev–Trinajstić information content (AvgIpc) is 3.09. The monoisotopic (exact) mass is 418 g/mol. The van der Waals surface area contributed by atoms with Crippen molar-refractivity contribution in [1.29, 1.82) is 0 Å². The quantitative estimate of drug-likeness (QED) is 0.644. The van der Waals surface area contributed by atoms with Crippen molar-refractivity contribution in [1.82, 2.24) is 9.62 Å². The van der Waals surface area contributed by atoms with E-state index < -0.39 is 10.8 Å². The number of hydrogen-bond donors (Lipinski definition) is 1. The van der Waals surface area contributed by atoms with Crippen molar-refractivity contribution in [2.45, 2.75) is 55.7 Å². The molecule has 2 aromatic carbocycles. The van der Waals surface area contributed by atoms with Crippen molar-refractivity contribution >= 4 is 22.7 Å². The van der Waals surface area contributed by atoms with Crippen LogP contribution in [0.2, 0.25) is 0 Å². The molecular weight excluding hydrogens is 388 g/mol. The topological polar surface area (TPSA) is 41.6 Å². The van der Waals surface area contributed by atoms with Gasteiger partial charge in [0.05, 0.1) is 6.10 Å². The number of nitrogens with zero attached hydrogens (tertiary/aromatic N) is 1. The first-order valence-corrected chi connectivity index (χ1v) is 12.1. The fourth-order valence-corrected chi connectivity index (χ4v) is 4.81. The van der Waals surface area contributed by atoms with Crippen LogP contribution in [0, 0.1) is 6.92 Å². The molecule has 152 valence electrons. The molecule has 0 amide bonds. The first-order valence-electron chi connectivity index (χ1n) is 9.75. The van der Waals surface area contributed by atoms with Crippen LogP contribution in [0.4, 0.5) is 0 Å². The fourth-order valence-electron chi connectivity index (χ4n) is 3.29. The second-order valence-corrected chi connectivity index (χ2v) is 9.89. The van der Waals surface area contributed by atoms with Gasteiger partial charge in [-0.05, 0) is 74.5 Å². The highest BCUT2D eigenvalue weighted by molar-refractivity contribution is 7.97. The van der Waals surface area contributed by atoms with Gasteiger partial charge in [-0.15, -0.1) is 0 Å². The van der Waals surface area contributed by atoms with Gasteiger partial charge in [-0.1, -0.05) is 18.2 Å². The molecule has 0 spiro atoms. The molecule has 28 heavy (non-hydrogen) atoms. The van der Waals surface area contributed by atoms with E-state index in [-0.39, 0.29) is 6.10 Å². The van der Waals surface area contributed by atoms with Gasteiger partial charge < -0.3 is 4.74 Å². The van der Waals surface area contributed by atoms with Gasteiger partial charge in [-0.2, -0.15) is 0 Å². The van der Waals surface area contributed by atoms with Crippen LogP contribution in [0.5, 0.6) is 5.75 Å². The van der Waals surface area contributed by atoms with Crippen molar-refractivity contribution in [3.05, 3.63) is 53.6 Å². The predicted molar refractivity (Wildman–Crippen MR) is 118 cm³/mol. The van der Waals surface area contributed by atoms with E-state index in [4.69, 9.17) is 4.74 Å². The van der Waals surface area contributed by atoms with Gasteiger partial charge in [0.2, 0.25) is 0 Å². The fraction of sp³-hybridized carbons (Fsp3) is 0.455. The Balaban J connectivity index is 1.49. The van der Waals surface area contributed by atoms with Crippen LogP contribution in [0.25, 0.3) is 0 Å². The zero-order valence-corrected chi connectivity index (χ0v) is 18.7. The Morgan fingerprint density at radius 1 is 1.25 bits per heavy atom. The molecule has 4 nitrogen and oxygen atoms in total. The maximum Gasteiger partial charge on any atom is 0.119 e. The zero-order chi connectivity index (χ0) is 20.1. The first kappa shape index (κ1) is 21.4. The smallest absolute Gasteiger partial charge is 0.119 e. The summed E-state index contributed by atoms with van der Waals surface area (Å²) in [7, 11) is -0.945. The van der Waals surface area contributed by atoms with Crippen LogP contribution in [0.15, 0.2) is 52.3 Å². The van der Waals surface area contributed by atoms with E-state index in [0.29, 0.717) is 6.04 Å². The molecule has 1 N–H and O–H groups in total. The molecule has 1 aliphatic rings. The lowest BCUT2D eigenvalue weighted by molar-refractivity contribution is 0.242. The van der Waals surface area contributed by atoms with Gasteiger partial charge in [0.1, 0.15) is 5.75 Å². The molecule has 2 atom stereocenters. The molecule has 2 aromatic rings. The molecule has 0 aliphatic carbocycles. The maximum atomic E-state index is 11.7. The van der Waals surface area contributed by atoms with Crippen LogP contribution < -0.4 is 9.46 Å². The summed E-state index contributed by atoms with van der Waals surface area (Å²) >= 11 is 1.66. The average molecular weight is 419 g/mol. The van der Waals surface area contributed by atoms with Gasteiger partial charge in [-0.25, -0.2) is 0 Å². The largest absolute Gasteiger partial charge is 0.491 e. The Kier molecular flexibility index (Phi) is 7.57. The van der Waals surface area contributed by atoms with E-state index in [1.807, 2.05) is 32.0 Å². The highest BCUT2D eigenvalue weighted by Gasteiger charge is 2.22. The van der Waals surface area contributed by atoms with Crippen LogP contribution in [0.3, 0.4) is 0 Å². The Morgan fingerprint density at radius 2 is 2.00 bits per heavy atom. The molecule has 2 unspecified atom stereocenters. The van der Waals surface area contributed by atoms with Gasteiger partial charge in [-0.3, -0.25) is 13.8 Å². The van der Waals surface area contributed by atoms with Crippen LogP contribution in [0.1, 0.15) is 31.4 Å². The number of rotatable bonds is 8. The number of aryl methyl sites for hydroxylation is 1. The van der Waals surface area contributed by atoms with E-state index in [1.165, 1.54) is 11.1 Å². The second-order valence-electron chi connectivity index (χ2n) is 7.63. The van der Waals surface area contributed by atoms with E-state index >= 15 is 0 Å². The lowest BCUT2D eigenvalue weighted by Gasteiger charge is -2.17. The summed E-state index contributed by atoms with van der Waals surface area (Å²) in [6.45, 7) is 9.29. The third-order valence-corrected chi connectivity index (χ3v) is 6.83. The van der Waals surface area contributed by atoms with Gasteiger partial charge in [0, 0.05) is 52.5 Å². The Labute approximate surface area is 175 Å².